The maximum atomic E-state index is 11.7. The molecule has 1 amide bonds. The van der Waals surface area contributed by atoms with Crippen LogP contribution in [0, 0.1) is 0 Å². The monoisotopic (exact) mass is 228 g/mol. The SMILES string of the molecule is CCC1(NC(C)C(=O)NCCOC)CCC1. The Hall–Kier alpha value is -0.610. The van der Waals surface area contributed by atoms with E-state index in [-0.39, 0.29) is 17.5 Å². The summed E-state index contributed by atoms with van der Waals surface area (Å²) in [5.41, 5.74) is 0.220. The van der Waals surface area contributed by atoms with Crippen LogP contribution >= 0.6 is 0 Å². The maximum absolute atomic E-state index is 11.7. The van der Waals surface area contributed by atoms with Crippen LogP contribution in [0.4, 0.5) is 0 Å². The Balaban J connectivity index is 2.27. The summed E-state index contributed by atoms with van der Waals surface area (Å²) in [5, 5.41) is 6.31. The standard InChI is InChI=1S/C12H24N2O2/c1-4-12(6-5-7-12)14-10(2)11(15)13-8-9-16-3/h10,14H,4-9H2,1-3H3,(H,13,15). The molecule has 0 aromatic heterocycles. The Morgan fingerprint density at radius 2 is 2.19 bits per heavy atom. The lowest BCUT2D eigenvalue weighted by Crippen LogP contribution is -2.57. The van der Waals surface area contributed by atoms with Gasteiger partial charge in [-0.05, 0) is 32.6 Å². The predicted molar refractivity (Wildman–Crippen MR) is 64.4 cm³/mol. The van der Waals surface area contributed by atoms with Crippen LogP contribution < -0.4 is 10.6 Å². The normalized spacial score (nSPS) is 19.9. The first-order valence-electron chi connectivity index (χ1n) is 6.18. The Bertz CT molecular complexity index is 222. The second kappa shape index (κ2) is 6.21. The lowest BCUT2D eigenvalue weighted by molar-refractivity contribution is -0.123. The predicted octanol–water partition coefficient (Wildman–Crippen LogP) is 1.06. The van der Waals surface area contributed by atoms with E-state index in [1.54, 1.807) is 7.11 Å². The first-order valence-corrected chi connectivity index (χ1v) is 6.18. The van der Waals surface area contributed by atoms with Gasteiger partial charge in [-0.3, -0.25) is 4.79 Å². The van der Waals surface area contributed by atoms with E-state index < -0.39 is 0 Å². The van der Waals surface area contributed by atoms with Crippen LogP contribution in [-0.4, -0.2) is 37.7 Å². The summed E-state index contributed by atoms with van der Waals surface area (Å²) in [5.74, 6) is 0.0665. The summed E-state index contributed by atoms with van der Waals surface area (Å²) in [6.45, 7) is 5.26. The van der Waals surface area contributed by atoms with E-state index in [9.17, 15) is 4.79 Å². The van der Waals surface area contributed by atoms with Gasteiger partial charge in [0.05, 0.1) is 12.6 Å². The molecule has 0 saturated heterocycles. The van der Waals surface area contributed by atoms with E-state index in [0.717, 1.165) is 6.42 Å². The van der Waals surface area contributed by atoms with Gasteiger partial charge in [0.2, 0.25) is 5.91 Å². The van der Waals surface area contributed by atoms with E-state index in [2.05, 4.69) is 17.6 Å². The zero-order valence-electron chi connectivity index (χ0n) is 10.6. The molecule has 0 aromatic carbocycles. The summed E-state index contributed by atoms with van der Waals surface area (Å²) in [6, 6.07) is -0.114. The fraction of sp³-hybridized carbons (Fsp3) is 0.917. The molecule has 4 heteroatoms. The molecule has 1 unspecified atom stereocenters. The number of rotatable bonds is 7. The van der Waals surface area contributed by atoms with Crippen LogP contribution in [0.1, 0.15) is 39.5 Å². The minimum Gasteiger partial charge on any atom is -0.383 e. The molecule has 1 rings (SSSR count). The third kappa shape index (κ3) is 3.46. The van der Waals surface area contributed by atoms with Crippen molar-refractivity contribution >= 4 is 5.91 Å². The van der Waals surface area contributed by atoms with Crippen LogP contribution in [0.15, 0.2) is 0 Å². The van der Waals surface area contributed by atoms with Gasteiger partial charge in [-0.25, -0.2) is 0 Å². The van der Waals surface area contributed by atoms with Gasteiger partial charge in [0, 0.05) is 19.2 Å². The van der Waals surface area contributed by atoms with Gasteiger partial charge in [0.15, 0.2) is 0 Å². The average molecular weight is 228 g/mol. The van der Waals surface area contributed by atoms with Gasteiger partial charge < -0.3 is 15.4 Å². The summed E-state index contributed by atoms with van der Waals surface area (Å²) in [4.78, 5) is 11.7. The van der Waals surface area contributed by atoms with Gasteiger partial charge in [0.1, 0.15) is 0 Å². The van der Waals surface area contributed by atoms with Crippen molar-refractivity contribution in [2.45, 2.75) is 51.1 Å². The van der Waals surface area contributed by atoms with E-state index in [1.165, 1.54) is 19.3 Å². The van der Waals surface area contributed by atoms with Crippen LogP contribution in [0.2, 0.25) is 0 Å². The van der Waals surface area contributed by atoms with Crippen LogP contribution in [0.5, 0.6) is 0 Å². The zero-order chi connectivity index (χ0) is 12.0. The summed E-state index contributed by atoms with van der Waals surface area (Å²) in [7, 11) is 1.63. The number of nitrogens with one attached hydrogen (secondary N) is 2. The molecule has 1 saturated carbocycles. The fourth-order valence-corrected chi connectivity index (χ4v) is 2.16. The summed E-state index contributed by atoms with van der Waals surface area (Å²) >= 11 is 0. The Morgan fingerprint density at radius 3 is 2.62 bits per heavy atom. The molecule has 94 valence electrons. The Morgan fingerprint density at radius 1 is 1.50 bits per heavy atom. The number of amides is 1. The highest BCUT2D eigenvalue weighted by Crippen LogP contribution is 2.34. The molecule has 1 aliphatic carbocycles. The number of carbonyl (C=O) groups excluding carboxylic acids is 1. The number of ether oxygens (including phenoxy) is 1. The topological polar surface area (TPSA) is 50.4 Å². The van der Waals surface area contributed by atoms with Gasteiger partial charge in [-0.15, -0.1) is 0 Å². The number of hydrogen-bond donors (Lipinski definition) is 2. The quantitative estimate of drug-likeness (QED) is 0.641. The Labute approximate surface area is 98.1 Å². The van der Waals surface area contributed by atoms with E-state index >= 15 is 0 Å². The molecule has 0 radical (unpaired) electrons. The van der Waals surface area contributed by atoms with E-state index in [0.29, 0.717) is 13.2 Å². The first kappa shape index (κ1) is 13.5. The first-order chi connectivity index (χ1) is 7.63. The van der Waals surface area contributed by atoms with Crippen molar-refractivity contribution in [1.29, 1.82) is 0 Å². The van der Waals surface area contributed by atoms with Crippen LogP contribution in [-0.2, 0) is 9.53 Å². The van der Waals surface area contributed by atoms with E-state index in [1.807, 2.05) is 6.92 Å². The lowest BCUT2D eigenvalue weighted by Gasteiger charge is -2.44. The van der Waals surface area contributed by atoms with Crippen molar-refractivity contribution in [2.75, 3.05) is 20.3 Å². The molecule has 1 fully saturated rings. The number of carbonyl (C=O) groups is 1. The second-order valence-corrected chi connectivity index (χ2v) is 4.64. The van der Waals surface area contributed by atoms with Gasteiger partial charge in [0.25, 0.3) is 0 Å². The third-order valence-electron chi connectivity index (χ3n) is 3.51. The molecule has 1 atom stereocenters. The lowest BCUT2D eigenvalue weighted by atomic mass is 9.74. The minimum absolute atomic E-state index is 0.0665. The zero-order valence-corrected chi connectivity index (χ0v) is 10.6. The fourth-order valence-electron chi connectivity index (χ4n) is 2.16. The van der Waals surface area contributed by atoms with Crippen LogP contribution in [0.25, 0.3) is 0 Å². The minimum atomic E-state index is -0.114. The van der Waals surface area contributed by atoms with Gasteiger partial charge in [-0.1, -0.05) is 6.92 Å². The van der Waals surface area contributed by atoms with Crippen molar-refractivity contribution in [1.82, 2.24) is 10.6 Å². The molecule has 0 spiro atoms. The third-order valence-corrected chi connectivity index (χ3v) is 3.51. The molecule has 16 heavy (non-hydrogen) atoms. The number of methoxy groups -OCH3 is 1. The molecule has 0 aromatic rings. The average Bonchev–Trinajstić information content (AvgIpc) is 2.23. The van der Waals surface area contributed by atoms with Gasteiger partial charge >= 0.3 is 0 Å². The molecular formula is C12H24N2O2. The molecular weight excluding hydrogens is 204 g/mol. The van der Waals surface area contributed by atoms with Gasteiger partial charge in [-0.2, -0.15) is 0 Å². The molecule has 4 nitrogen and oxygen atoms in total. The highest BCUT2D eigenvalue weighted by Gasteiger charge is 2.36. The van der Waals surface area contributed by atoms with E-state index in [4.69, 9.17) is 4.74 Å². The van der Waals surface area contributed by atoms with Crippen molar-refractivity contribution in [3.05, 3.63) is 0 Å². The number of hydrogen-bond acceptors (Lipinski definition) is 3. The largest absolute Gasteiger partial charge is 0.383 e. The molecule has 0 heterocycles. The molecule has 0 bridgehead atoms. The van der Waals surface area contributed by atoms with Crippen molar-refractivity contribution < 1.29 is 9.53 Å². The van der Waals surface area contributed by atoms with Crippen molar-refractivity contribution in [2.24, 2.45) is 0 Å². The second-order valence-electron chi connectivity index (χ2n) is 4.64. The molecule has 0 aliphatic heterocycles. The summed E-state index contributed by atoms with van der Waals surface area (Å²) < 4.78 is 4.89. The summed E-state index contributed by atoms with van der Waals surface area (Å²) in [6.07, 6.45) is 4.76. The highest BCUT2D eigenvalue weighted by molar-refractivity contribution is 5.81. The smallest absolute Gasteiger partial charge is 0.236 e. The van der Waals surface area contributed by atoms with Crippen molar-refractivity contribution in [3.63, 3.8) is 0 Å². The van der Waals surface area contributed by atoms with Crippen LogP contribution in [0.3, 0.4) is 0 Å². The maximum Gasteiger partial charge on any atom is 0.236 e. The molecule has 1 aliphatic rings. The van der Waals surface area contributed by atoms with Crippen molar-refractivity contribution in [3.8, 4) is 0 Å². The highest BCUT2D eigenvalue weighted by atomic mass is 16.5. The molecule has 2 N–H and O–H groups in total. The Kier molecular flexibility index (Phi) is 5.22.